The van der Waals surface area contributed by atoms with Gasteiger partial charge in [-0.05, 0) is 18.6 Å². The number of amides is 1. The van der Waals surface area contributed by atoms with Gasteiger partial charge in [-0.1, -0.05) is 0 Å². The number of ether oxygens (including phenoxy) is 1. The van der Waals surface area contributed by atoms with Gasteiger partial charge in [0.2, 0.25) is 0 Å². The van der Waals surface area contributed by atoms with E-state index in [4.69, 9.17) is 4.74 Å². The summed E-state index contributed by atoms with van der Waals surface area (Å²) in [5.41, 5.74) is 2.47. The zero-order valence-electron chi connectivity index (χ0n) is 11.1. The van der Waals surface area contributed by atoms with Gasteiger partial charge in [-0.2, -0.15) is 15.3 Å². The SMILES string of the molecule is Cc1cn[nH]c1[C@H]1COCCN1C(=O)c1ccnnc1. The molecular weight excluding hydrogens is 258 g/mol. The third-order valence-corrected chi connectivity index (χ3v) is 3.42. The monoisotopic (exact) mass is 273 g/mol. The van der Waals surface area contributed by atoms with Crippen LogP contribution in [0.4, 0.5) is 0 Å². The number of H-pyrrole nitrogens is 1. The van der Waals surface area contributed by atoms with Gasteiger partial charge >= 0.3 is 0 Å². The first kappa shape index (κ1) is 12.7. The van der Waals surface area contributed by atoms with E-state index >= 15 is 0 Å². The summed E-state index contributed by atoms with van der Waals surface area (Å²) in [4.78, 5) is 14.4. The van der Waals surface area contributed by atoms with Gasteiger partial charge in [-0.25, -0.2) is 0 Å². The van der Waals surface area contributed by atoms with Crippen molar-refractivity contribution < 1.29 is 9.53 Å². The molecule has 1 saturated heterocycles. The van der Waals surface area contributed by atoms with Crippen molar-refractivity contribution in [3.8, 4) is 0 Å². The number of nitrogens with one attached hydrogen (secondary N) is 1. The Morgan fingerprint density at radius 2 is 2.35 bits per heavy atom. The molecule has 0 unspecified atom stereocenters. The topological polar surface area (TPSA) is 84.0 Å². The number of morpholine rings is 1. The Bertz CT molecular complexity index is 598. The van der Waals surface area contributed by atoms with Crippen molar-refractivity contribution in [1.29, 1.82) is 0 Å². The van der Waals surface area contributed by atoms with Crippen LogP contribution in [-0.4, -0.2) is 51.0 Å². The molecule has 0 spiro atoms. The number of nitrogens with zero attached hydrogens (tertiary/aromatic N) is 4. The zero-order chi connectivity index (χ0) is 13.9. The van der Waals surface area contributed by atoms with Gasteiger partial charge in [0, 0.05) is 6.54 Å². The lowest BCUT2D eigenvalue weighted by atomic mass is 10.1. The summed E-state index contributed by atoms with van der Waals surface area (Å²) in [6, 6.07) is 1.52. The first-order chi connectivity index (χ1) is 9.77. The minimum atomic E-state index is -0.146. The molecule has 3 rings (SSSR count). The highest BCUT2D eigenvalue weighted by Crippen LogP contribution is 2.26. The minimum absolute atomic E-state index is 0.0674. The molecule has 1 amide bonds. The second-order valence-corrected chi connectivity index (χ2v) is 4.69. The lowest BCUT2D eigenvalue weighted by Gasteiger charge is -2.35. The van der Waals surface area contributed by atoms with Crippen LogP contribution in [0.2, 0.25) is 0 Å². The van der Waals surface area contributed by atoms with Crippen LogP contribution in [0.15, 0.2) is 24.7 Å². The van der Waals surface area contributed by atoms with E-state index in [0.29, 0.717) is 25.3 Å². The van der Waals surface area contributed by atoms with Crippen molar-refractivity contribution >= 4 is 5.91 Å². The molecule has 0 aliphatic carbocycles. The normalized spacial score (nSPS) is 19.1. The highest BCUT2D eigenvalue weighted by atomic mass is 16.5. The Morgan fingerprint density at radius 1 is 1.45 bits per heavy atom. The first-order valence-electron chi connectivity index (χ1n) is 6.42. The maximum absolute atomic E-state index is 12.6. The van der Waals surface area contributed by atoms with Gasteiger partial charge in [-0.15, -0.1) is 0 Å². The molecule has 1 aliphatic rings. The number of carbonyl (C=O) groups excluding carboxylic acids is 1. The molecule has 0 saturated carbocycles. The fraction of sp³-hybridized carbons (Fsp3) is 0.385. The number of hydrogen-bond acceptors (Lipinski definition) is 5. The van der Waals surface area contributed by atoms with Crippen molar-refractivity contribution in [1.82, 2.24) is 25.3 Å². The molecule has 7 nitrogen and oxygen atoms in total. The second-order valence-electron chi connectivity index (χ2n) is 4.69. The molecule has 3 heterocycles. The minimum Gasteiger partial charge on any atom is -0.377 e. The fourth-order valence-electron chi connectivity index (χ4n) is 2.36. The molecule has 7 heteroatoms. The molecule has 104 valence electrons. The van der Waals surface area contributed by atoms with Crippen LogP contribution >= 0.6 is 0 Å². The Balaban J connectivity index is 1.90. The molecule has 20 heavy (non-hydrogen) atoms. The van der Waals surface area contributed by atoms with Crippen LogP contribution in [0, 0.1) is 6.92 Å². The zero-order valence-corrected chi connectivity index (χ0v) is 11.1. The largest absolute Gasteiger partial charge is 0.377 e. The molecule has 2 aromatic rings. The number of aryl methyl sites for hydroxylation is 1. The number of aromatic nitrogens is 4. The maximum Gasteiger partial charge on any atom is 0.256 e. The number of aromatic amines is 1. The Labute approximate surface area is 116 Å². The number of hydrogen-bond donors (Lipinski definition) is 1. The van der Waals surface area contributed by atoms with Crippen molar-refractivity contribution in [2.75, 3.05) is 19.8 Å². The van der Waals surface area contributed by atoms with Crippen LogP contribution in [-0.2, 0) is 4.74 Å². The molecule has 2 aromatic heterocycles. The molecular formula is C13H15N5O2. The first-order valence-corrected chi connectivity index (χ1v) is 6.42. The Kier molecular flexibility index (Phi) is 3.42. The lowest BCUT2D eigenvalue weighted by molar-refractivity contribution is -0.00410. The van der Waals surface area contributed by atoms with Crippen molar-refractivity contribution in [3.63, 3.8) is 0 Å². The lowest BCUT2D eigenvalue weighted by Crippen LogP contribution is -2.43. The standard InChI is InChI=1S/C13H15N5O2/c1-9-6-16-17-12(9)11-8-20-5-4-18(11)13(19)10-2-3-14-15-7-10/h2-3,6-7,11H,4-5,8H2,1H3,(H,16,17)/t11-/m1/s1. The number of carbonyl (C=O) groups is 1. The van der Waals surface area contributed by atoms with Crippen molar-refractivity contribution in [2.45, 2.75) is 13.0 Å². The third-order valence-electron chi connectivity index (χ3n) is 3.42. The van der Waals surface area contributed by atoms with Crippen molar-refractivity contribution in [2.24, 2.45) is 0 Å². The number of rotatable bonds is 2. The van der Waals surface area contributed by atoms with Gasteiger partial charge in [0.15, 0.2) is 0 Å². The Hall–Kier alpha value is -2.28. The van der Waals surface area contributed by atoms with Gasteiger partial charge in [0.25, 0.3) is 5.91 Å². The average molecular weight is 273 g/mol. The van der Waals surface area contributed by atoms with Gasteiger partial charge < -0.3 is 9.64 Å². The molecule has 1 aliphatic heterocycles. The summed E-state index contributed by atoms with van der Waals surface area (Å²) in [6.45, 7) is 3.51. The second kappa shape index (κ2) is 5.38. The predicted octanol–water partition coefficient (Wildman–Crippen LogP) is 0.722. The van der Waals surface area contributed by atoms with Crippen LogP contribution < -0.4 is 0 Å². The maximum atomic E-state index is 12.6. The van der Waals surface area contributed by atoms with Gasteiger partial charge in [0.05, 0.1) is 49.1 Å². The van der Waals surface area contributed by atoms with E-state index in [-0.39, 0.29) is 11.9 Å². The average Bonchev–Trinajstić information content (AvgIpc) is 2.93. The summed E-state index contributed by atoms with van der Waals surface area (Å²) in [6.07, 6.45) is 4.75. The molecule has 0 aromatic carbocycles. The van der Waals surface area contributed by atoms with Crippen LogP contribution in [0.1, 0.15) is 27.7 Å². The molecule has 1 fully saturated rings. The van der Waals surface area contributed by atoms with E-state index in [1.807, 2.05) is 6.92 Å². The quantitative estimate of drug-likeness (QED) is 0.871. The molecule has 0 radical (unpaired) electrons. The summed E-state index contributed by atoms with van der Waals surface area (Å²) in [7, 11) is 0. The summed E-state index contributed by atoms with van der Waals surface area (Å²) in [5, 5.41) is 14.4. The Morgan fingerprint density at radius 3 is 3.05 bits per heavy atom. The fourth-order valence-corrected chi connectivity index (χ4v) is 2.36. The summed E-state index contributed by atoms with van der Waals surface area (Å²) < 4.78 is 5.51. The van der Waals surface area contributed by atoms with Gasteiger partial charge in [-0.3, -0.25) is 9.89 Å². The highest BCUT2D eigenvalue weighted by molar-refractivity contribution is 5.94. The van der Waals surface area contributed by atoms with Crippen molar-refractivity contribution in [3.05, 3.63) is 41.5 Å². The van der Waals surface area contributed by atoms with E-state index in [1.165, 1.54) is 12.4 Å². The van der Waals surface area contributed by atoms with E-state index < -0.39 is 0 Å². The van der Waals surface area contributed by atoms with Crippen LogP contribution in [0.3, 0.4) is 0 Å². The highest BCUT2D eigenvalue weighted by Gasteiger charge is 2.31. The molecule has 0 bridgehead atoms. The van der Waals surface area contributed by atoms with Crippen LogP contribution in [0.25, 0.3) is 0 Å². The predicted molar refractivity (Wildman–Crippen MR) is 70.0 cm³/mol. The van der Waals surface area contributed by atoms with E-state index in [0.717, 1.165) is 11.3 Å². The smallest absolute Gasteiger partial charge is 0.256 e. The van der Waals surface area contributed by atoms with Gasteiger partial charge in [0.1, 0.15) is 0 Å². The molecule has 1 atom stereocenters. The van der Waals surface area contributed by atoms with E-state index in [9.17, 15) is 4.79 Å². The summed E-state index contributed by atoms with van der Waals surface area (Å²) >= 11 is 0. The van der Waals surface area contributed by atoms with E-state index in [2.05, 4.69) is 20.4 Å². The molecule has 1 N–H and O–H groups in total. The summed E-state index contributed by atoms with van der Waals surface area (Å²) in [5.74, 6) is -0.0674. The van der Waals surface area contributed by atoms with E-state index in [1.54, 1.807) is 17.2 Å². The van der Waals surface area contributed by atoms with Crippen LogP contribution in [0.5, 0.6) is 0 Å². The third kappa shape index (κ3) is 2.27.